The summed E-state index contributed by atoms with van der Waals surface area (Å²) < 4.78 is 20.2. The maximum absolute atomic E-state index is 14.8. The number of amides is 1. The summed E-state index contributed by atoms with van der Waals surface area (Å²) in [6.07, 6.45) is 0. The minimum atomic E-state index is -1.20. The minimum Gasteiger partial charge on any atom is -0.507 e. The third kappa shape index (κ3) is 3.52. The molecule has 2 heterocycles. The molecule has 31 heavy (non-hydrogen) atoms. The number of carbonyl (C=O) groups is 2. The summed E-state index contributed by atoms with van der Waals surface area (Å²) in [5.74, 6) is -2.26. The number of hydrogen-bond donors (Lipinski definition) is 1. The molecule has 7 heteroatoms. The molecule has 3 aromatic rings. The van der Waals surface area contributed by atoms with Crippen molar-refractivity contribution >= 4 is 23.3 Å². The highest BCUT2D eigenvalue weighted by Gasteiger charge is 2.49. The summed E-state index contributed by atoms with van der Waals surface area (Å²) in [7, 11) is 0. The number of Topliss-reactive ketones (excluding diaryl/α,β-unsaturated/α-hetero) is 1. The number of benzene rings is 2. The molecule has 1 saturated heterocycles. The van der Waals surface area contributed by atoms with Crippen LogP contribution in [0.4, 0.5) is 10.2 Å². The molecular formula is C24H21FN2O4. The van der Waals surface area contributed by atoms with Crippen molar-refractivity contribution in [3.63, 3.8) is 0 Å². The van der Waals surface area contributed by atoms with Crippen molar-refractivity contribution in [2.45, 2.75) is 32.2 Å². The maximum atomic E-state index is 14.8. The van der Waals surface area contributed by atoms with E-state index in [0.29, 0.717) is 11.3 Å². The molecule has 0 radical (unpaired) electrons. The Kier molecular flexibility index (Phi) is 4.97. The second kappa shape index (κ2) is 7.50. The van der Waals surface area contributed by atoms with E-state index in [1.807, 2.05) is 20.8 Å². The molecule has 0 bridgehead atoms. The van der Waals surface area contributed by atoms with E-state index in [4.69, 9.17) is 4.52 Å². The number of anilines is 1. The quantitative estimate of drug-likeness (QED) is 0.376. The van der Waals surface area contributed by atoms with E-state index in [1.54, 1.807) is 42.5 Å². The number of aromatic nitrogens is 1. The Morgan fingerprint density at radius 1 is 1.06 bits per heavy atom. The topological polar surface area (TPSA) is 83.6 Å². The summed E-state index contributed by atoms with van der Waals surface area (Å²) in [4.78, 5) is 27.1. The molecule has 6 nitrogen and oxygen atoms in total. The van der Waals surface area contributed by atoms with Crippen LogP contribution in [-0.4, -0.2) is 22.0 Å². The highest BCUT2D eigenvalue weighted by molar-refractivity contribution is 6.51. The lowest BCUT2D eigenvalue weighted by molar-refractivity contribution is -0.132. The fourth-order valence-electron chi connectivity index (χ4n) is 3.54. The van der Waals surface area contributed by atoms with Crippen LogP contribution >= 0.6 is 0 Å². The third-order valence-electron chi connectivity index (χ3n) is 5.18. The summed E-state index contributed by atoms with van der Waals surface area (Å²) in [6.45, 7) is 5.74. The number of carbonyl (C=O) groups excluding carboxylic acids is 2. The van der Waals surface area contributed by atoms with E-state index in [9.17, 15) is 19.1 Å². The molecule has 0 aliphatic carbocycles. The van der Waals surface area contributed by atoms with Crippen LogP contribution in [0, 0.1) is 5.82 Å². The van der Waals surface area contributed by atoms with Crippen molar-refractivity contribution in [2.24, 2.45) is 0 Å². The van der Waals surface area contributed by atoms with Gasteiger partial charge in [0.1, 0.15) is 17.3 Å². The van der Waals surface area contributed by atoms with Crippen LogP contribution < -0.4 is 4.90 Å². The predicted octanol–water partition coefficient (Wildman–Crippen LogP) is 4.74. The SMILES string of the molecule is CC(C)(C)c1cc(N2C(=O)C(=O)/C(=C(/O)c3ccccc3)C2c2ccccc2F)no1. The summed E-state index contributed by atoms with van der Waals surface area (Å²) >= 11 is 0. The van der Waals surface area contributed by atoms with Gasteiger partial charge in [0, 0.05) is 22.6 Å². The van der Waals surface area contributed by atoms with E-state index >= 15 is 0 Å². The Balaban J connectivity index is 1.95. The normalized spacial score (nSPS) is 18.6. The Morgan fingerprint density at radius 3 is 2.32 bits per heavy atom. The van der Waals surface area contributed by atoms with Gasteiger partial charge < -0.3 is 9.63 Å². The van der Waals surface area contributed by atoms with E-state index in [2.05, 4.69) is 5.16 Å². The second-order valence-electron chi connectivity index (χ2n) is 8.36. The lowest BCUT2D eigenvalue weighted by atomic mass is 9.93. The molecule has 1 atom stereocenters. The first kappa shape index (κ1) is 20.5. The Morgan fingerprint density at radius 2 is 1.71 bits per heavy atom. The number of nitrogens with zero attached hydrogens (tertiary/aromatic N) is 2. The molecule has 4 rings (SSSR count). The van der Waals surface area contributed by atoms with Crippen LogP contribution in [0.2, 0.25) is 0 Å². The molecule has 1 amide bonds. The van der Waals surface area contributed by atoms with Gasteiger partial charge in [0.25, 0.3) is 5.78 Å². The fraction of sp³-hybridized carbons (Fsp3) is 0.208. The Bertz CT molecular complexity index is 1190. The average molecular weight is 420 g/mol. The standard InChI is InChI=1S/C24H21FN2O4/c1-24(2,3)17-13-18(26-31-17)27-20(15-11-7-8-12-16(15)25)19(22(29)23(27)30)21(28)14-9-5-4-6-10-14/h4-13,20,28H,1-3H3/b21-19+. The van der Waals surface area contributed by atoms with E-state index in [0.717, 1.165) is 4.90 Å². The largest absolute Gasteiger partial charge is 0.507 e. The predicted molar refractivity (Wildman–Crippen MR) is 113 cm³/mol. The summed E-state index contributed by atoms with van der Waals surface area (Å²) in [5, 5.41) is 14.9. The van der Waals surface area contributed by atoms with Gasteiger partial charge in [-0.25, -0.2) is 4.39 Å². The lowest BCUT2D eigenvalue weighted by Gasteiger charge is -2.23. The zero-order valence-electron chi connectivity index (χ0n) is 17.3. The molecule has 158 valence electrons. The first-order valence-corrected chi connectivity index (χ1v) is 9.78. The zero-order chi connectivity index (χ0) is 22.3. The van der Waals surface area contributed by atoms with Crippen molar-refractivity contribution in [3.8, 4) is 0 Å². The van der Waals surface area contributed by atoms with Crippen molar-refractivity contribution < 1.29 is 23.6 Å². The number of hydrogen-bond acceptors (Lipinski definition) is 5. The van der Waals surface area contributed by atoms with Gasteiger partial charge in [-0.15, -0.1) is 0 Å². The van der Waals surface area contributed by atoms with Gasteiger partial charge in [-0.3, -0.25) is 14.5 Å². The molecule has 0 saturated carbocycles. The van der Waals surface area contributed by atoms with Crippen LogP contribution in [0.5, 0.6) is 0 Å². The summed E-state index contributed by atoms with van der Waals surface area (Å²) in [6, 6.07) is 14.5. The van der Waals surface area contributed by atoms with Gasteiger partial charge in [-0.05, 0) is 6.07 Å². The Labute approximate surface area is 178 Å². The van der Waals surface area contributed by atoms with Crippen molar-refractivity contribution in [3.05, 3.63) is 88.9 Å². The zero-order valence-corrected chi connectivity index (χ0v) is 17.3. The molecule has 1 aliphatic rings. The third-order valence-corrected chi connectivity index (χ3v) is 5.18. The van der Waals surface area contributed by atoms with Gasteiger partial charge in [-0.2, -0.15) is 0 Å². The van der Waals surface area contributed by atoms with Gasteiger partial charge in [-0.1, -0.05) is 74.5 Å². The molecule has 1 aliphatic heterocycles. The molecule has 0 spiro atoms. The number of halogens is 1. The number of rotatable bonds is 3. The number of aliphatic hydroxyl groups is 1. The molecule has 1 fully saturated rings. The van der Waals surface area contributed by atoms with Gasteiger partial charge >= 0.3 is 5.91 Å². The lowest BCUT2D eigenvalue weighted by Crippen LogP contribution is -2.30. The average Bonchev–Trinajstić information content (AvgIpc) is 3.32. The Hall–Kier alpha value is -3.74. The van der Waals surface area contributed by atoms with Gasteiger partial charge in [0.2, 0.25) is 0 Å². The van der Waals surface area contributed by atoms with E-state index in [1.165, 1.54) is 18.2 Å². The first-order chi connectivity index (χ1) is 14.7. The monoisotopic (exact) mass is 420 g/mol. The van der Waals surface area contributed by atoms with Crippen molar-refractivity contribution in [1.29, 1.82) is 0 Å². The molecule has 1 unspecified atom stereocenters. The van der Waals surface area contributed by atoms with Gasteiger partial charge in [0.05, 0.1) is 11.6 Å². The van der Waals surface area contributed by atoms with Crippen LogP contribution in [0.1, 0.15) is 43.7 Å². The van der Waals surface area contributed by atoms with Crippen LogP contribution in [0.3, 0.4) is 0 Å². The smallest absolute Gasteiger partial charge is 0.301 e. The highest BCUT2D eigenvalue weighted by Crippen LogP contribution is 2.43. The maximum Gasteiger partial charge on any atom is 0.301 e. The molecule has 1 aromatic heterocycles. The molecule has 2 aromatic carbocycles. The minimum absolute atomic E-state index is 0.0690. The first-order valence-electron chi connectivity index (χ1n) is 9.78. The van der Waals surface area contributed by atoms with Crippen molar-refractivity contribution in [1.82, 2.24) is 5.16 Å². The molecule has 1 N–H and O–H groups in total. The van der Waals surface area contributed by atoms with E-state index < -0.39 is 29.0 Å². The fourth-order valence-corrected chi connectivity index (χ4v) is 3.54. The molecular weight excluding hydrogens is 399 g/mol. The van der Waals surface area contributed by atoms with Crippen LogP contribution in [-0.2, 0) is 15.0 Å². The highest BCUT2D eigenvalue weighted by atomic mass is 19.1. The second-order valence-corrected chi connectivity index (χ2v) is 8.36. The van der Waals surface area contributed by atoms with Crippen LogP contribution in [0.15, 0.2) is 70.8 Å². The summed E-state index contributed by atoms with van der Waals surface area (Å²) in [5.41, 5.74) is -0.186. The van der Waals surface area contributed by atoms with Crippen molar-refractivity contribution in [2.75, 3.05) is 4.90 Å². The van der Waals surface area contributed by atoms with E-state index in [-0.39, 0.29) is 22.7 Å². The number of ketones is 1. The number of aliphatic hydroxyl groups excluding tert-OH is 1. The van der Waals surface area contributed by atoms with Gasteiger partial charge in [0.15, 0.2) is 5.82 Å². The van der Waals surface area contributed by atoms with Crippen LogP contribution in [0.25, 0.3) is 5.76 Å².